The number of carbonyl (C=O) groups excluding carboxylic acids is 1. The van der Waals surface area contributed by atoms with E-state index in [1.807, 2.05) is 13.0 Å². The van der Waals surface area contributed by atoms with Crippen LogP contribution in [-0.4, -0.2) is 19.7 Å². The van der Waals surface area contributed by atoms with Crippen molar-refractivity contribution >= 4 is 17.6 Å². The van der Waals surface area contributed by atoms with Crippen LogP contribution in [-0.2, 0) is 9.53 Å². The van der Waals surface area contributed by atoms with Crippen molar-refractivity contribution in [2.75, 3.05) is 13.7 Å². The summed E-state index contributed by atoms with van der Waals surface area (Å²) < 4.78 is 10.3. The van der Waals surface area contributed by atoms with Gasteiger partial charge in [-0.15, -0.1) is 0 Å². The zero-order chi connectivity index (χ0) is 14.6. The molecule has 0 bridgehead atoms. The number of esters is 1. The third-order valence-electron chi connectivity index (χ3n) is 2.81. The molecule has 0 aliphatic heterocycles. The van der Waals surface area contributed by atoms with Crippen LogP contribution >= 0.6 is 11.6 Å². The van der Waals surface area contributed by atoms with E-state index in [1.165, 1.54) is 7.11 Å². The number of hydrogen-bond donors (Lipinski definition) is 1. The first-order valence-corrected chi connectivity index (χ1v) is 6.42. The fraction of sp³-hybridized carbons (Fsp3) is 0.500. The molecule has 5 heteroatoms. The predicted octanol–water partition coefficient (Wildman–Crippen LogP) is 2.94. The average molecular weight is 286 g/mol. The highest BCUT2D eigenvalue weighted by Gasteiger charge is 2.30. The molecular formula is C14H20ClNO3. The SMILES string of the molecule is COC(=O)C(C)(C)COc1ccc([C@H](C)N)cc1Cl. The molecule has 0 saturated carbocycles. The first kappa shape index (κ1) is 15.8. The van der Waals surface area contributed by atoms with Crippen LogP contribution in [0.25, 0.3) is 0 Å². The van der Waals surface area contributed by atoms with Crippen molar-refractivity contribution in [3.05, 3.63) is 28.8 Å². The summed E-state index contributed by atoms with van der Waals surface area (Å²) >= 11 is 6.12. The minimum absolute atomic E-state index is 0.0851. The molecule has 0 heterocycles. The molecule has 0 aromatic heterocycles. The molecule has 106 valence electrons. The lowest BCUT2D eigenvalue weighted by molar-refractivity contribution is -0.152. The molecule has 4 nitrogen and oxygen atoms in total. The highest BCUT2D eigenvalue weighted by Crippen LogP contribution is 2.29. The Balaban J connectivity index is 2.76. The summed E-state index contributed by atoms with van der Waals surface area (Å²) in [7, 11) is 1.36. The lowest BCUT2D eigenvalue weighted by atomic mass is 9.95. The Hall–Kier alpha value is -1.26. The van der Waals surface area contributed by atoms with Gasteiger partial charge in [0.2, 0.25) is 0 Å². The van der Waals surface area contributed by atoms with Crippen molar-refractivity contribution in [3.63, 3.8) is 0 Å². The van der Waals surface area contributed by atoms with Crippen LogP contribution in [0.3, 0.4) is 0 Å². The summed E-state index contributed by atoms with van der Waals surface area (Å²) in [6.45, 7) is 5.58. The highest BCUT2D eigenvalue weighted by molar-refractivity contribution is 6.32. The van der Waals surface area contributed by atoms with Crippen LogP contribution in [0.1, 0.15) is 32.4 Å². The zero-order valence-electron chi connectivity index (χ0n) is 11.7. The second kappa shape index (κ2) is 6.26. The van der Waals surface area contributed by atoms with Crippen LogP contribution in [0.15, 0.2) is 18.2 Å². The second-order valence-electron chi connectivity index (χ2n) is 5.14. The Labute approximate surface area is 118 Å². The summed E-state index contributed by atoms with van der Waals surface area (Å²) in [5.41, 5.74) is 5.98. The van der Waals surface area contributed by atoms with Crippen molar-refractivity contribution in [2.45, 2.75) is 26.8 Å². The van der Waals surface area contributed by atoms with Crippen LogP contribution in [0.2, 0.25) is 5.02 Å². The van der Waals surface area contributed by atoms with E-state index in [9.17, 15) is 4.79 Å². The van der Waals surface area contributed by atoms with Gasteiger partial charge < -0.3 is 15.2 Å². The van der Waals surface area contributed by atoms with E-state index >= 15 is 0 Å². The summed E-state index contributed by atoms with van der Waals surface area (Å²) in [4.78, 5) is 11.5. The molecule has 0 aliphatic rings. The Morgan fingerprint density at radius 2 is 2.11 bits per heavy atom. The fourth-order valence-corrected chi connectivity index (χ4v) is 1.75. The maximum atomic E-state index is 11.5. The van der Waals surface area contributed by atoms with Crippen molar-refractivity contribution in [3.8, 4) is 5.75 Å². The topological polar surface area (TPSA) is 61.5 Å². The first-order valence-electron chi connectivity index (χ1n) is 6.04. The number of rotatable bonds is 5. The maximum Gasteiger partial charge on any atom is 0.314 e. The van der Waals surface area contributed by atoms with Gasteiger partial charge in [-0.05, 0) is 38.5 Å². The molecule has 1 rings (SSSR count). The Morgan fingerprint density at radius 3 is 2.58 bits per heavy atom. The van der Waals surface area contributed by atoms with Gasteiger partial charge in [0.05, 0.1) is 17.5 Å². The number of nitrogens with two attached hydrogens (primary N) is 1. The number of carbonyl (C=O) groups is 1. The third-order valence-corrected chi connectivity index (χ3v) is 3.10. The number of halogens is 1. The van der Waals surface area contributed by atoms with Crippen molar-refractivity contribution in [1.82, 2.24) is 0 Å². The lowest BCUT2D eigenvalue weighted by Crippen LogP contribution is -2.32. The van der Waals surface area contributed by atoms with Gasteiger partial charge in [0.15, 0.2) is 0 Å². The minimum atomic E-state index is -0.724. The molecule has 1 atom stereocenters. The van der Waals surface area contributed by atoms with E-state index in [4.69, 9.17) is 26.8 Å². The molecule has 19 heavy (non-hydrogen) atoms. The first-order chi connectivity index (χ1) is 8.77. The van der Waals surface area contributed by atoms with E-state index in [0.717, 1.165) is 5.56 Å². The molecule has 0 aliphatic carbocycles. The standard InChI is InChI=1S/C14H20ClNO3/c1-9(16)10-5-6-12(11(15)7-10)19-8-14(2,3)13(17)18-4/h5-7,9H,8,16H2,1-4H3/t9-/m0/s1. The van der Waals surface area contributed by atoms with Gasteiger partial charge in [-0.3, -0.25) is 4.79 Å². The third kappa shape index (κ3) is 4.11. The highest BCUT2D eigenvalue weighted by atomic mass is 35.5. The van der Waals surface area contributed by atoms with E-state index in [2.05, 4.69) is 0 Å². The predicted molar refractivity (Wildman–Crippen MR) is 75.3 cm³/mol. The number of methoxy groups -OCH3 is 1. The van der Waals surface area contributed by atoms with Crippen LogP contribution in [0.5, 0.6) is 5.75 Å². The fourth-order valence-electron chi connectivity index (χ4n) is 1.51. The molecule has 0 unspecified atom stereocenters. The van der Waals surface area contributed by atoms with Crippen molar-refractivity contribution in [2.24, 2.45) is 11.1 Å². The van der Waals surface area contributed by atoms with Crippen LogP contribution in [0.4, 0.5) is 0 Å². The zero-order valence-corrected chi connectivity index (χ0v) is 12.5. The molecule has 0 spiro atoms. The Bertz CT molecular complexity index is 458. The van der Waals surface area contributed by atoms with Gasteiger partial charge in [0, 0.05) is 6.04 Å². The molecule has 1 aromatic carbocycles. The normalized spacial score (nSPS) is 12.9. The van der Waals surface area contributed by atoms with Gasteiger partial charge in [0.25, 0.3) is 0 Å². The molecule has 0 saturated heterocycles. The molecule has 0 amide bonds. The summed E-state index contributed by atoms with van der Waals surface area (Å²) in [5, 5.41) is 0.482. The van der Waals surface area contributed by atoms with Crippen molar-refractivity contribution in [1.29, 1.82) is 0 Å². The Morgan fingerprint density at radius 1 is 1.47 bits per heavy atom. The van der Waals surface area contributed by atoms with E-state index in [0.29, 0.717) is 10.8 Å². The number of ether oxygens (including phenoxy) is 2. The van der Waals surface area contributed by atoms with Gasteiger partial charge in [0.1, 0.15) is 12.4 Å². The maximum absolute atomic E-state index is 11.5. The van der Waals surface area contributed by atoms with Crippen LogP contribution in [0, 0.1) is 5.41 Å². The average Bonchev–Trinajstić information content (AvgIpc) is 2.36. The molecule has 0 fully saturated rings. The second-order valence-corrected chi connectivity index (χ2v) is 5.55. The summed E-state index contributed by atoms with van der Waals surface area (Å²) in [6, 6.07) is 5.30. The quantitative estimate of drug-likeness (QED) is 0.845. The van der Waals surface area contributed by atoms with E-state index in [1.54, 1.807) is 26.0 Å². The number of hydrogen-bond acceptors (Lipinski definition) is 4. The molecular weight excluding hydrogens is 266 g/mol. The molecule has 0 radical (unpaired) electrons. The largest absolute Gasteiger partial charge is 0.491 e. The van der Waals surface area contributed by atoms with Crippen molar-refractivity contribution < 1.29 is 14.3 Å². The lowest BCUT2D eigenvalue weighted by Gasteiger charge is -2.22. The smallest absolute Gasteiger partial charge is 0.314 e. The minimum Gasteiger partial charge on any atom is -0.491 e. The van der Waals surface area contributed by atoms with E-state index < -0.39 is 5.41 Å². The Kier molecular flexibility index (Phi) is 5.20. The monoisotopic (exact) mass is 285 g/mol. The van der Waals surface area contributed by atoms with Crippen LogP contribution < -0.4 is 10.5 Å². The molecule has 2 N–H and O–H groups in total. The van der Waals surface area contributed by atoms with E-state index in [-0.39, 0.29) is 18.6 Å². The summed E-state index contributed by atoms with van der Waals surface area (Å²) in [5.74, 6) is 0.207. The van der Waals surface area contributed by atoms with Gasteiger partial charge in [-0.1, -0.05) is 17.7 Å². The van der Waals surface area contributed by atoms with Gasteiger partial charge in [-0.2, -0.15) is 0 Å². The summed E-state index contributed by atoms with van der Waals surface area (Å²) in [6.07, 6.45) is 0. The molecule has 1 aromatic rings. The van der Waals surface area contributed by atoms with Gasteiger partial charge in [-0.25, -0.2) is 0 Å². The number of benzene rings is 1. The van der Waals surface area contributed by atoms with Gasteiger partial charge >= 0.3 is 5.97 Å².